The topological polar surface area (TPSA) is 100 Å². The molecule has 0 aliphatic rings. The normalized spacial score (nSPS) is 12.2. The predicted octanol–water partition coefficient (Wildman–Crippen LogP) is 4.69. The van der Waals surface area contributed by atoms with Crippen LogP contribution in [0.5, 0.6) is 0 Å². The smallest absolute Gasteiger partial charge is 0.313 e. The number of unbranched alkanes of at least 4 members (excludes halogenated alkanes) is 1. The third-order valence-corrected chi connectivity index (χ3v) is 5.55. The fourth-order valence-corrected chi connectivity index (χ4v) is 3.94. The van der Waals surface area contributed by atoms with E-state index in [1.807, 2.05) is 36.4 Å². The number of carbonyl (C=O) groups excluding carboxylic acids is 2. The van der Waals surface area contributed by atoms with Crippen molar-refractivity contribution in [2.45, 2.75) is 39.0 Å². The maximum Gasteiger partial charge on any atom is 0.313 e. The summed E-state index contributed by atoms with van der Waals surface area (Å²) in [7, 11) is 0. The molecule has 7 nitrogen and oxygen atoms in total. The molecule has 0 spiro atoms. The fourth-order valence-electron chi connectivity index (χ4n) is 3.94. The van der Waals surface area contributed by atoms with E-state index in [9.17, 15) is 9.59 Å². The Bertz CT molecular complexity index is 1260. The minimum atomic E-state index is -0.408. The summed E-state index contributed by atoms with van der Waals surface area (Å²) < 4.78 is 6.82. The van der Waals surface area contributed by atoms with Crippen LogP contribution in [0.2, 0.25) is 0 Å². The van der Waals surface area contributed by atoms with Gasteiger partial charge in [-0.25, -0.2) is 9.97 Å². The van der Waals surface area contributed by atoms with E-state index in [4.69, 9.17) is 10.5 Å². The van der Waals surface area contributed by atoms with Gasteiger partial charge in [-0.3, -0.25) is 14.2 Å². The molecule has 0 radical (unpaired) electrons. The highest BCUT2D eigenvalue weighted by molar-refractivity contribution is 6.07. The molecule has 4 aromatic rings. The lowest BCUT2D eigenvalue weighted by Gasteiger charge is -2.17. The van der Waals surface area contributed by atoms with Gasteiger partial charge in [0.2, 0.25) is 5.95 Å². The monoisotopic (exact) mass is 430 g/mol. The molecule has 7 heteroatoms. The zero-order chi connectivity index (χ0) is 22.7. The van der Waals surface area contributed by atoms with Crippen LogP contribution in [-0.2, 0) is 9.53 Å². The number of ether oxygens (including phenoxy) is 1. The first-order chi connectivity index (χ1) is 15.5. The molecular weight excluding hydrogens is 404 g/mol. The zero-order valence-electron chi connectivity index (χ0n) is 18.2. The fraction of sp³-hybridized carbons (Fsp3) is 0.280. The second kappa shape index (κ2) is 9.18. The van der Waals surface area contributed by atoms with Gasteiger partial charge in [-0.15, -0.1) is 0 Å². The van der Waals surface area contributed by atoms with Gasteiger partial charge >= 0.3 is 5.97 Å². The van der Waals surface area contributed by atoms with Crippen LogP contribution in [-0.4, -0.2) is 33.0 Å². The standard InChI is InChI=1S/C25H26N4O3/c1-3-5-10-19(24(31)32-4-2)16-11-12-21-20(13-16)22(28-25(26)27-21)23(30)29-14-17-8-6-7-9-18(17)15-29/h6-9,11-15,19H,3-5,10H2,1-2H3,(H2,26,27,28). The molecule has 2 N–H and O–H groups in total. The van der Waals surface area contributed by atoms with Crippen molar-refractivity contribution in [3.63, 3.8) is 0 Å². The van der Waals surface area contributed by atoms with E-state index < -0.39 is 5.92 Å². The van der Waals surface area contributed by atoms with Crippen molar-refractivity contribution in [1.29, 1.82) is 0 Å². The quantitative estimate of drug-likeness (QED) is 0.427. The molecule has 0 fully saturated rings. The molecule has 0 saturated carbocycles. The molecule has 2 heterocycles. The molecule has 32 heavy (non-hydrogen) atoms. The number of nitrogen functional groups attached to an aromatic ring is 1. The summed E-state index contributed by atoms with van der Waals surface area (Å²) in [5.41, 5.74) is 7.45. The van der Waals surface area contributed by atoms with Crippen LogP contribution >= 0.6 is 0 Å². The van der Waals surface area contributed by atoms with Crippen LogP contribution in [0.3, 0.4) is 0 Å². The number of nitrogens with two attached hydrogens (primary N) is 1. The molecule has 1 atom stereocenters. The average Bonchev–Trinajstić information content (AvgIpc) is 3.23. The molecule has 0 saturated heterocycles. The maximum absolute atomic E-state index is 13.4. The van der Waals surface area contributed by atoms with Crippen molar-refractivity contribution in [2.24, 2.45) is 0 Å². The number of carbonyl (C=O) groups is 2. The third kappa shape index (κ3) is 4.19. The minimum Gasteiger partial charge on any atom is -0.466 e. The summed E-state index contributed by atoms with van der Waals surface area (Å²) in [5.74, 6) is -0.952. The van der Waals surface area contributed by atoms with Crippen LogP contribution in [0.1, 0.15) is 55.1 Å². The van der Waals surface area contributed by atoms with Gasteiger partial charge in [0.15, 0.2) is 0 Å². The number of hydrogen-bond acceptors (Lipinski definition) is 6. The van der Waals surface area contributed by atoms with Gasteiger partial charge < -0.3 is 10.5 Å². The first-order valence-corrected chi connectivity index (χ1v) is 10.9. The average molecular weight is 431 g/mol. The Labute approximate surface area is 186 Å². The van der Waals surface area contributed by atoms with E-state index in [1.54, 1.807) is 25.4 Å². The predicted molar refractivity (Wildman–Crippen MR) is 125 cm³/mol. The number of benzene rings is 2. The summed E-state index contributed by atoms with van der Waals surface area (Å²) in [5, 5.41) is 2.47. The van der Waals surface area contributed by atoms with E-state index in [1.165, 1.54) is 4.57 Å². The van der Waals surface area contributed by atoms with E-state index in [0.29, 0.717) is 23.9 Å². The Morgan fingerprint density at radius 1 is 1.06 bits per heavy atom. The summed E-state index contributed by atoms with van der Waals surface area (Å²) in [4.78, 5) is 34.6. The summed E-state index contributed by atoms with van der Waals surface area (Å²) >= 11 is 0. The van der Waals surface area contributed by atoms with E-state index in [2.05, 4.69) is 16.9 Å². The maximum atomic E-state index is 13.4. The Balaban J connectivity index is 1.81. The number of nitrogens with zero attached hydrogens (tertiary/aromatic N) is 3. The van der Waals surface area contributed by atoms with E-state index in [-0.39, 0.29) is 23.5 Å². The number of rotatable bonds is 7. The highest BCUT2D eigenvalue weighted by Gasteiger charge is 2.24. The van der Waals surface area contributed by atoms with Gasteiger partial charge in [0.25, 0.3) is 5.91 Å². The molecular formula is C25H26N4O3. The number of hydrogen-bond donors (Lipinski definition) is 1. The first kappa shape index (κ1) is 21.5. The summed E-state index contributed by atoms with van der Waals surface area (Å²) in [6.45, 7) is 4.19. The zero-order valence-corrected chi connectivity index (χ0v) is 18.2. The van der Waals surface area contributed by atoms with Gasteiger partial charge in [-0.2, -0.15) is 0 Å². The van der Waals surface area contributed by atoms with Crippen molar-refractivity contribution in [2.75, 3.05) is 12.3 Å². The number of fused-ring (bicyclic) bond motifs is 2. The molecule has 0 aliphatic heterocycles. The lowest BCUT2D eigenvalue weighted by molar-refractivity contribution is -0.145. The molecule has 1 unspecified atom stereocenters. The Kier molecular flexibility index (Phi) is 6.16. The van der Waals surface area contributed by atoms with Gasteiger partial charge in [-0.05, 0) is 41.8 Å². The van der Waals surface area contributed by atoms with Gasteiger partial charge in [0.1, 0.15) is 5.69 Å². The SMILES string of the molecule is CCCCC(C(=O)OCC)c1ccc2nc(N)nc(C(=O)n3cc4ccccc4c3)c2c1. The van der Waals surface area contributed by atoms with Crippen LogP contribution < -0.4 is 5.73 Å². The molecule has 4 rings (SSSR count). The second-order valence-corrected chi connectivity index (χ2v) is 7.75. The molecule has 0 aliphatic carbocycles. The minimum absolute atomic E-state index is 0.0261. The number of anilines is 1. The van der Waals surface area contributed by atoms with Crippen molar-refractivity contribution in [1.82, 2.24) is 14.5 Å². The van der Waals surface area contributed by atoms with Gasteiger partial charge in [-0.1, -0.05) is 50.1 Å². The third-order valence-electron chi connectivity index (χ3n) is 5.55. The van der Waals surface area contributed by atoms with Crippen molar-refractivity contribution < 1.29 is 14.3 Å². The lowest BCUT2D eigenvalue weighted by atomic mass is 9.92. The van der Waals surface area contributed by atoms with Gasteiger partial charge in [0.05, 0.1) is 18.0 Å². The molecule has 2 aromatic heterocycles. The van der Waals surface area contributed by atoms with Crippen molar-refractivity contribution in [3.8, 4) is 0 Å². The Hall–Kier alpha value is -3.74. The molecule has 0 amide bonds. The van der Waals surface area contributed by atoms with Crippen LogP contribution in [0.4, 0.5) is 5.95 Å². The number of aromatic nitrogens is 3. The Morgan fingerprint density at radius 2 is 1.78 bits per heavy atom. The van der Waals surface area contributed by atoms with Crippen LogP contribution in [0.15, 0.2) is 54.9 Å². The summed E-state index contributed by atoms with van der Waals surface area (Å²) in [6, 6.07) is 13.2. The summed E-state index contributed by atoms with van der Waals surface area (Å²) in [6.07, 6.45) is 6.07. The van der Waals surface area contributed by atoms with E-state index in [0.717, 1.165) is 29.2 Å². The second-order valence-electron chi connectivity index (χ2n) is 7.75. The molecule has 0 bridgehead atoms. The molecule has 164 valence electrons. The van der Waals surface area contributed by atoms with Gasteiger partial charge in [0, 0.05) is 17.8 Å². The molecule has 2 aromatic carbocycles. The number of esters is 1. The largest absolute Gasteiger partial charge is 0.466 e. The highest BCUT2D eigenvalue weighted by Crippen LogP contribution is 2.29. The highest BCUT2D eigenvalue weighted by atomic mass is 16.5. The first-order valence-electron chi connectivity index (χ1n) is 10.9. The van der Waals surface area contributed by atoms with Crippen molar-refractivity contribution in [3.05, 3.63) is 66.1 Å². The lowest BCUT2D eigenvalue weighted by Crippen LogP contribution is -2.17. The van der Waals surface area contributed by atoms with Crippen LogP contribution in [0.25, 0.3) is 21.7 Å². The van der Waals surface area contributed by atoms with E-state index >= 15 is 0 Å². The van der Waals surface area contributed by atoms with Crippen LogP contribution in [0, 0.1) is 0 Å². The van der Waals surface area contributed by atoms with Crippen molar-refractivity contribution >= 4 is 39.5 Å². The Morgan fingerprint density at radius 3 is 2.44 bits per heavy atom.